The second-order valence-corrected chi connectivity index (χ2v) is 13.3. The van der Waals surface area contributed by atoms with E-state index >= 15 is 0 Å². The molecule has 0 saturated heterocycles. The molecule has 9 rings (SSSR count). The summed E-state index contributed by atoms with van der Waals surface area (Å²) in [5.74, 6) is 0. The maximum atomic E-state index is 2.39. The fourth-order valence-corrected chi connectivity index (χ4v) is 8.00. The van der Waals surface area contributed by atoms with Gasteiger partial charge in [-0.25, -0.2) is 0 Å². The maximum absolute atomic E-state index is 2.39. The molecule has 0 aliphatic heterocycles. The minimum Gasteiger partial charge on any atom is -0.310 e. The number of para-hydroxylation sites is 1. The normalized spacial score (nSPS) is 11.3. The number of rotatable bonds is 6. The second kappa shape index (κ2) is 12.0. The summed E-state index contributed by atoms with van der Waals surface area (Å²) in [4.78, 5) is 2.39. The van der Waals surface area contributed by atoms with Crippen molar-refractivity contribution in [2.24, 2.45) is 0 Å². The van der Waals surface area contributed by atoms with Gasteiger partial charge in [-0.05, 0) is 105 Å². The van der Waals surface area contributed by atoms with E-state index in [4.69, 9.17) is 0 Å². The van der Waals surface area contributed by atoms with Crippen LogP contribution in [0.5, 0.6) is 0 Å². The molecule has 0 bridgehead atoms. The molecular weight excluding hydrogens is 599 g/mol. The van der Waals surface area contributed by atoms with E-state index in [1.807, 2.05) is 11.3 Å². The molecular formula is C46H31NS. The number of anilines is 3. The van der Waals surface area contributed by atoms with Gasteiger partial charge in [-0.15, -0.1) is 11.3 Å². The van der Waals surface area contributed by atoms with E-state index in [2.05, 4.69) is 193 Å². The zero-order valence-corrected chi connectivity index (χ0v) is 27.1. The van der Waals surface area contributed by atoms with Gasteiger partial charge in [-0.2, -0.15) is 0 Å². The Morgan fingerprint density at radius 3 is 1.62 bits per heavy atom. The lowest BCUT2D eigenvalue weighted by molar-refractivity contribution is 1.30. The molecule has 9 aromatic rings. The Balaban J connectivity index is 1.08. The van der Waals surface area contributed by atoms with Crippen LogP contribution in [-0.2, 0) is 0 Å². The van der Waals surface area contributed by atoms with Crippen molar-refractivity contribution in [3.63, 3.8) is 0 Å². The molecule has 226 valence electrons. The lowest BCUT2D eigenvalue weighted by atomic mass is 9.95. The summed E-state index contributed by atoms with van der Waals surface area (Å²) in [5.41, 5.74) is 10.7. The van der Waals surface area contributed by atoms with E-state index < -0.39 is 0 Å². The standard InChI is InChI=1S/C46H31NS/c1-2-17-40(18-3-1)47(43-20-10-22-45-46(43)42-19-6-7-21-44(42)48-45)41-27-25-33(26-28-41)35-13-8-14-36(29-35)37-15-9-16-38(31-37)39-24-23-32-11-4-5-12-34(32)30-39/h1-31H. The van der Waals surface area contributed by atoms with Gasteiger partial charge in [0.05, 0.1) is 5.69 Å². The van der Waals surface area contributed by atoms with Crippen LogP contribution in [0.2, 0.25) is 0 Å². The van der Waals surface area contributed by atoms with Gasteiger partial charge >= 0.3 is 0 Å². The van der Waals surface area contributed by atoms with Crippen LogP contribution in [0, 0.1) is 0 Å². The van der Waals surface area contributed by atoms with Crippen molar-refractivity contribution in [3.8, 4) is 33.4 Å². The first-order valence-corrected chi connectivity index (χ1v) is 17.2. The van der Waals surface area contributed by atoms with Crippen LogP contribution in [0.1, 0.15) is 0 Å². The Bertz CT molecular complexity index is 2560. The SMILES string of the molecule is c1ccc(N(c2ccc(-c3cccc(-c4cccc(-c5ccc6ccccc6c5)c4)c3)cc2)c2cccc3sc4ccccc4c23)cc1. The summed E-state index contributed by atoms with van der Waals surface area (Å²) >= 11 is 1.86. The highest BCUT2D eigenvalue weighted by atomic mass is 32.1. The Hall–Kier alpha value is -5.96. The third kappa shape index (κ3) is 5.13. The summed E-state index contributed by atoms with van der Waals surface area (Å²) < 4.78 is 2.61. The summed E-state index contributed by atoms with van der Waals surface area (Å²) in [6.07, 6.45) is 0. The first kappa shape index (κ1) is 28.3. The van der Waals surface area contributed by atoms with Crippen molar-refractivity contribution in [1.82, 2.24) is 0 Å². The van der Waals surface area contributed by atoms with Gasteiger partial charge in [0.1, 0.15) is 0 Å². The van der Waals surface area contributed by atoms with Crippen LogP contribution in [0.3, 0.4) is 0 Å². The second-order valence-electron chi connectivity index (χ2n) is 12.2. The van der Waals surface area contributed by atoms with E-state index in [1.54, 1.807) is 0 Å². The van der Waals surface area contributed by atoms with Crippen LogP contribution >= 0.6 is 11.3 Å². The van der Waals surface area contributed by atoms with E-state index in [-0.39, 0.29) is 0 Å². The molecule has 0 saturated carbocycles. The van der Waals surface area contributed by atoms with Crippen molar-refractivity contribution >= 4 is 59.3 Å². The lowest BCUT2D eigenvalue weighted by Gasteiger charge is -2.26. The molecule has 0 fully saturated rings. The summed E-state index contributed by atoms with van der Waals surface area (Å²) in [6, 6.07) is 68.1. The van der Waals surface area contributed by atoms with Gasteiger partial charge in [0, 0.05) is 31.5 Å². The fraction of sp³-hybridized carbons (Fsp3) is 0. The predicted molar refractivity (Wildman–Crippen MR) is 208 cm³/mol. The zero-order chi connectivity index (χ0) is 31.9. The summed E-state index contributed by atoms with van der Waals surface area (Å²) in [5, 5.41) is 5.12. The number of fused-ring (bicyclic) bond motifs is 4. The first-order chi connectivity index (χ1) is 23.8. The molecule has 0 amide bonds. The molecule has 0 N–H and O–H groups in total. The Labute approximate surface area is 284 Å². The molecule has 0 spiro atoms. The first-order valence-electron chi connectivity index (χ1n) is 16.3. The molecule has 0 aliphatic rings. The highest BCUT2D eigenvalue weighted by molar-refractivity contribution is 7.26. The molecule has 2 heteroatoms. The van der Waals surface area contributed by atoms with Gasteiger partial charge in [-0.1, -0.05) is 127 Å². The number of thiophene rings is 1. The van der Waals surface area contributed by atoms with Crippen molar-refractivity contribution in [3.05, 3.63) is 188 Å². The van der Waals surface area contributed by atoms with Gasteiger partial charge < -0.3 is 4.90 Å². The van der Waals surface area contributed by atoms with Crippen LogP contribution in [0.25, 0.3) is 64.3 Å². The largest absolute Gasteiger partial charge is 0.310 e. The smallest absolute Gasteiger partial charge is 0.0554 e. The molecule has 0 aliphatic carbocycles. The Morgan fingerprint density at radius 2 is 0.875 bits per heavy atom. The number of hydrogen-bond donors (Lipinski definition) is 0. The highest BCUT2D eigenvalue weighted by Gasteiger charge is 2.18. The van der Waals surface area contributed by atoms with Gasteiger partial charge in [0.2, 0.25) is 0 Å². The molecule has 48 heavy (non-hydrogen) atoms. The van der Waals surface area contributed by atoms with Crippen LogP contribution in [0.15, 0.2) is 188 Å². The van der Waals surface area contributed by atoms with E-state index in [0.717, 1.165) is 11.4 Å². The maximum Gasteiger partial charge on any atom is 0.0554 e. The predicted octanol–water partition coefficient (Wildman–Crippen LogP) is 13.7. The minimum atomic E-state index is 1.13. The number of nitrogens with zero attached hydrogens (tertiary/aromatic N) is 1. The van der Waals surface area contributed by atoms with Crippen LogP contribution < -0.4 is 4.90 Å². The molecule has 1 nitrogen and oxygen atoms in total. The average Bonchev–Trinajstić information content (AvgIpc) is 3.55. The summed E-state index contributed by atoms with van der Waals surface area (Å²) in [6.45, 7) is 0. The molecule has 8 aromatic carbocycles. The lowest BCUT2D eigenvalue weighted by Crippen LogP contribution is -2.10. The van der Waals surface area contributed by atoms with E-state index in [0.29, 0.717) is 0 Å². The Kier molecular flexibility index (Phi) is 7.07. The third-order valence-electron chi connectivity index (χ3n) is 9.24. The molecule has 1 aromatic heterocycles. The Morgan fingerprint density at radius 1 is 0.333 bits per heavy atom. The number of benzene rings is 8. The topological polar surface area (TPSA) is 3.24 Å². The zero-order valence-electron chi connectivity index (χ0n) is 26.3. The van der Waals surface area contributed by atoms with Crippen LogP contribution in [0.4, 0.5) is 17.1 Å². The number of hydrogen-bond acceptors (Lipinski definition) is 2. The van der Waals surface area contributed by atoms with Crippen molar-refractivity contribution in [2.75, 3.05) is 4.90 Å². The molecule has 1 heterocycles. The minimum absolute atomic E-state index is 1.13. The average molecular weight is 630 g/mol. The van der Waals surface area contributed by atoms with Gasteiger partial charge in [0.15, 0.2) is 0 Å². The third-order valence-corrected chi connectivity index (χ3v) is 10.4. The quantitative estimate of drug-likeness (QED) is 0.177. The van der Waals surface area contributed by atoms with Gasteiger partial charge in [0.25, 0.3) is 0 Å². The van der Waals surface area contributed by atoms with E-state index in [9.17, 15) is 0 Å². The monoisotopic (exact) mass is 629 g/mol. The van der Waals surface area contributed by atoms with Gasteiger partial charge in [-0.3, -0.25) is 0 Å². The summed E-state index contributed by atoms with van der Waals surface area (Å²) in [7, 11) is 0. The highest BCUT2D eigenvalue weighted by Crippen LogP contribution is 2.45. The molecule has 0 radical (unpaired) electrons. The van der Waals surface area contributed by atoms with Crippen molar-refractivity contribution in [1.29, 1.82) is 0 Å². The van der Waals surface area contributed by atoms with Crippen molar-refractivity contribution in [2.45, 2.75) is 0 Å². The van der Waals surface area contributed by atoms with Crippen molar-refractivity contribution < 1.29 is 0 Å². The van der Waals surface area contributed by atoms with Crippen LogP contribution in [-0.4, -0.2) is 0 Å². The molecule has 0 unspecified atom stereocenters. The molecule has 0 atom stereocenters. The van der Waals surface area contributed by atoms with E-state index in [1.165, 1.54) is 70.0 Å². The fourth-order valence-electron chi connectivity index (χ4n) is 6.88.